The predicted octanol–water partition coefficient (Wildman–Crippen LogP) is 2.01. The number of pyridine rings is 1. The lowest BCUT2D eigenvalue weighted by molar-refractivity contribution is -0.384. The summed E-state index contributed by atoms with van der Waals surface area (Å²) in [6.07, 6.45) is 0.856. The number of nitrogens with one attached hydrogen (secondary N) is 2. The lowest BCUT2D eigenvalue weighted by Gasteiger charge is -2.17. The lowest BCUT2D eigenvalue weighted by Crippen LogP contribution is -2.27. The van der Waals surface area contributed by atoms with Gasteiger partial charge in [-0.25, -0.2) is 4.98 Å². The Balaban J connectivity index is 2.24. The SMILES string of the molecule is CCNc1ccc([N+](=O)[O-])c(NC2CCOC2C)n1. The van der Waals surface area contributed by atoms with E-state index in [4.69, 9.17) is 4.74 Å². The van der Waals surface area contributed by atoms with E-state index in [1.54, 1.807) is 6.07 Å². The number of rotatable bonds is 5. The van der Waals surface area contributed by atoms with Gasteiger partial charge in [-0.1, -0.05) is 0 Å². The standard InChI is InChI=1S/C12H18N4O3/c1-3-13-11-5-4-10(16(17)18)12(15-11)14-9-6-7-19-8(9)2/h4-5,8-9H,3,6-7H2,1-2H3,(H2,13,14,15). The number of hydrogen-bond acceptors (Lipinski definition) is 6. The molecule has 0 bridgehead atoms. The van der Waals surface area contributed by atoms with E-state index in [0.29, 0.717) is 24.8 Å². The van der Waals surface area contributed by atoms with Crippen LogP contribution in [0.25, 0.3) is 0 Å². The molecule has 0 aliphatic carbocycles. The molecule has 19 heavy (non-hydrogen) atoms. The van der Waals surface area contributed by atoms with E-state index in [1.165, 1.54) is 6.07 Å². The molecule has 0 saturated carbocycles. The van der Waals surface area contributed by atoms with Gasteiger partial charge in [0.15, 0.2) is 0 Å². The van der Waals surface area contributed by atoms with Crippen molar-refractivity contribution in [2.45, 2.75) is 32.4 Å². The molecule has 7 nitrogen and oxygen atoms in total. The Morgan fingerprint density at radius 3 is 2.95 bits per heavy atom. The molecule has 2 rings (SSSR count). The van der Waals surface area contributed by atoms with Crippen molar-refractivity contribution in [3.05, 3.63) is 22.2 Å². The summed E-state index contributed by atoms with van der Waals surface area (Å²) in [4.78, 5) is 14.9. The molecule has 1 fully saturated rings. The average Bonchev–Trinajstić information content (AvgIpc) is 2.75. The summed E-state index contributed by atoms with van der Waals surface area (Å²) < 4.78 is 5.44. The second-order valence-electron chi connectivity index (χ2n) is 4.47. The molecule has 1 aliphatic rings. The molecule has 2 heterocycles. The van der Waals surface area contributed by atoms with Gasteiger partial charge >= 0.3 is 5.69 Å². The number of hydrogen-bond donors (Lipinski definition) is 2. The second-order valence-corrected chi connectivity index (χ2v) is 4.47. The summed E-state index contributed by atoms with van der Waals surface area (Å²) in [5.74, 6) is 0.924. The number of nitro groups is 1. The van der Waals surface area contributed by atoms with Gasteiger partial charge in [-0.3, -0.25) is 10.1 Å². The van der Waals surface area contributed by atoms with E-state index >= 15 is 0 Å². The van der Waals surface area contributed by atoms with Crippen molar-refractivity contribution in [2.24, 2.45) is 0 Å². The zero-order valence-corrected chi connectivity index (χ0v) is 11.0. The van der Waals surface area contributed by atoms with Crippen molar-refractivity contribution in [3.63, 3.8) is 0 Å². The first-order valence-electron chi connectivity index (χ1n) is 6.39. The Morgan fingerprint density at radius 2 is 2.37 bits per heavy atom. The molecule has 2 N–H and O–H groups in total. The Labute approximate surface area is 111 Å². The number of ether oxygens (including phenoxy) is 1. The van der Waals surface area contributed by atoms with Crippen LogP contribution in [0.1, 0.15) is 20.3 Å². The maximum Gasteiger partial charge on any atom is 0.311 e. The average molecular weight is 266 g/mol. The largest absolute Gasteiger partial charge is 0.376 e. The van der Waals surface area contributed by atoms with Crippen LogP contribution < -0.4 is 10.6 Å². The molecule has 0 aromatic carbocycles. The molecule has 104 valence electrons. The summed E-state index contributed by atoms with van der Waals surface area (Å²) in [5, 5.41) is 17.2. The Hall–Kier alpha value is -1.89. The topological polar surface area (TPSA) is 89.3 Å². The third-order valence-electron chi connectivity index (χ3n) is 3.13. The van der Waals surface area contributed by atoms with Crippen LogP contribution in [0.4, 0.5) is 17.3 Å². The van der Waals surface area contributed by atoms with Crippen molar-refractivity contribution in [1.82, 2.24) is 4.98 Å². The summed E-state index contributed by atoms with van der Waals surface area (Å²) in [5.41, 5.74) is -0.0132. The van der Waals surface area contributed by atoms with Gasteiger partial charge in [0, 0.05) is 19.2 Å². The summed E-state index contributed by atoms with van der Waals surface area (Å²) >= 11 is 0. The fraction of sp³-hybridized carbons (Fsp3) is 0.583. The maximum absolute atomic E-state index is 11.0. The van der Waals surface area contributed by atoms with Crippen LogP contribution in [0.5, 0.6) is 0 Å². The van der Waals surface area contributed by atoms with E-state index in [9.17, 15) is 10.1 Å². The highest BCUT2D eigenvalue weighted by Gasteiger charge is 2.27. The van der Waals surface area contributed by atoms with Crippen LogP contribution in [0.2, 0.25) is 0 Å². The summed E-state index contributed by atoms with van der Waals surface area (Å²) in [7, 11) is 0. The normalized spacial score (nSPS) is 22.2. The zero-order chi connectivity index (χ0) is 13.8. The number of aromatic nitrogens is 1. The van der Waals surface area contributed by atoms with Gasteiger partial charge in [-0.05, 0) is 26.3 Å². The first-order chi connectivity index (χ1) is 9.11. The first-order valence-corrected chi connectivity index (χ1v) is 6.39. The smallest absolute Gasteiger partial charge is 0.311 e. The Kier molecular flexibility index (Phi) is 4.16. The van der Waals surface area contributed by atoms with Crippen molar-refractivity contribution >= 4 is 17.3 Å². The minimum Gasteiger partial charge on any atom is -0.376 e. The van der Waals surface area contributed by atoms with Gasteiger partial charge in [0.05, 0.1) is 17.1 Å². The van der Waals surface area contributed by atoms with Gasteiger partial charge in [-0.2, -0.15) is 0 Å². The Morgan fingerprint density at radius 1 is 1.58 bits per heavy atom. The molecular weight excluding hydrogens is 248 g/mol. The quantitative estimate of drug-likeness (QED) is 0.626. The van der Waals surface area contributed by atoms with Crippen LogP contribution in [-0.2, 0) is 4.74 Å². The van der Waals surface area contributed by atoms with Crippen LogP contribution in [0, 0.1) is 10.1 Å². The molecule has 2 atom stereocenters. The van der Waals surface area contributed by atoms with Crippen molar-refractivity contribution in [2.75, 3.05) is 23.8 Å². The molecule has 1 aliphatic heterocycles. The van der Waals surface area contributed by atoms with E-state index < -0.39 is 4.92 Å². The van der Waals surface area contributed by atoms with E-state index in [2.05, 4.69) is 15.6 Å². The maximum atomic E-state index is 11.0. The van der Waals surface area contributed by atoms with Crippen molar-refractivity contribution in [3.8, 4) is 0 Å². The number of nitrogens with zero attached hydrogens (tertiary/aromatic N) is 2. The third kappa shape index (κ3) is 3.11. The van der Waals surface area contributed by atoms with Gasteiger partial charge in [0.1, 0.15) is 5.82 Å². The minimum atomic E-state index is -0.425. The first kappa shape index (κ1) is 13.5. The van der Waals surface area contributed by atoms with Crippen LogP contribution in [-0.4, -0.2) is 35.2 Å². The van der Waals surface area contributed by atoms with Crippen molar-refractivity contribution in [1.29, 1.82) is 0 Å². The van der Waals surface area contributed by atoms with Crippen LogP contribution in [0.15, 0.2) is 12.1 Å². The van der Waals surface area contributed by atoms with E-state index in [1.807, 2.05) is 13.8 Å². The van der Waals surface area contributed by atoms with Gasteiger partial charge in [0.25, 0.3) is 0 Å². The number of anilines is 2. The minimum absolute atomic E-state index is 0.0132. The molecule has 1 aromatic rings. The predicted molar refractivity (Wildman–Crippen MR) is 72.5 cm³/mol. The van der Waals surface area contributed by atoms with Crippen LogP contribution >= 0.6 is 0 Å². The fourth-order valence-electron chi connectivity index (χ4n) is 2.08. The molecule has 0 amide bonds. The van der Waals surface area contributed by atoms with Crippen LogP contribution in [0.3, 0.4) is 0 Å². The summed E-state index contributed by atoms with van der Waals surface area (Å²) in [6, 6.07) is 3.14. The summed E-state index contributed by atoms with van der Waals surface area (Å²) in [6.45, 7) is 5.28. The van der Waals surface area contributed by atoms with Gasteiger partial charge in [0.2, 0.25) is 5.82 Å². The van der Waals surface area contributed by atoms with Crippen molar-refractivity contribution < 1.29 is 9.66 Å². The molecule has 2 unspecified atom stereocenters. The van der Waals surface area contributed by atoms with Gasteiger partial charge < -0.3 is 15.4 Å². The third-order valence-corrected chi connectivity index (χ3v) is 3.13. The highest BCUT2D eigenvalue weighted by atomic mass is 16.6. The molecule has 1 saturated heterocycles. The monoisotopic (exact) mass is 266 g/mol. The highest BCUT2D eigenvalue weighted by molar-refractivity contribution is 5.60. The second kappa shape index (κ2) is 5.83. The molecule has 1 aromatic heterocycles. The highest BCUT2D eigenvalue weighted by Crippen LogP contribution is 2.27. The van der Waals surface area contributed by atoms with Gasteiger partial charge in [-0.15, -0.1) is 0 Å². The van der Waals surface area contributed by atoms with E-state index in [0.717, 1.165) is 6.42 Å². The Bertz CT molecular complexity index is 466. The van der Waals surface area contributed by atoms with E-state index in [-0.39, 0.29) is 17.8 Å². The molecule has 0 spiro atoms. The lowest BCUT2D eigenvalue weighted by atomic mass is 10.1. The fourth-order valence-corrected chi connectivity index (χ4v) is 2.08. The molecule has 0 radical (unpaired) electrons. The molecule has 7 heteroatoms. The zero-order valence-electron chi connectivity index (χ0n) is 11.0. The molecular formula is C12H18N4O3.